The Morgan fingerprint density at radius 2 is 2.13 bits per heavy atom. The molecule has 5 heteroatoms. The lowest BCUT2D eigenvalue weighted by atomic mass is 10.0. The maximum atomic E-state index is 11.5. The predicted molar refractivity (Wildman–Crippen MR) is 52.4 cm³/mol. The molecule has 1 unspecified atom stereocenters. The van der Waals surface area contributed by atoms with Gasteiger partial charge in [0.2, 0.25) is 0 Å². The maximum Gasteiger partial charge on any atom is 0.326 e. The highest BCUT2D eigenvalue weighted by Gasteiger charge is 2.24. The summed E-state index contributed by atoms with van der Waals surface area (Å²) in [5.74, 6) is -1.65. The van der Waals surface area contributed by atoms with Crippen LogP contribution in [-0.2, 0) is 4.79 Å². The molecule has 0 aliphatic carbocycles. The molecule has 0 aromatic carbocycles. The topological polar surface area (TPSA) is 79.5 Å². The Morgan fingerprint density at radius 1 is 1.47 bits per heavy atom. The second-order valence-corrected chi connectivity index (χ2v) is 3.55. The van der Waals surface area contributed by atoms with Gasteiger partial charge in [-0.15, -0.1) is 0 Å². The quantitative estimate of drug-likeness (QED) is 0.782. The Kier molecular flexibility index (Phi) is 3.49. The molecule has 0 aliphatic rings. The summed E-state index contributed by atoms with van der Waals surface area (Å²) in [6, 6.07) is 0.599. The van der Waals surface area contributed by atoms with Crippen molar-refractivity contribution in [2.24, 2.45) is 5.92 Å². The number of carboxylic acids is 1. The zero-order valence-electron chi connectivity index (χ0n) is 8.56. The molecule has 2 N–H and O–H groups in total. The normalized spacial score (nSPS) is 12.5. The second kappa shape index (κ2) is 4.63. The molecule has 1 atom stereocenters. The summed E-state index contributed by atoms with van der Waals surface area (Å²) in [5.41, 5.74) is 0.321. The fourth-order valence-electron chi connectivity index (χ4n) is 1.13. The highest BCUT2D eigenvalue weighted by atomic mass is 16.4. The molecular formula is C10H13NO4. The summed E-state index contributed by atoms with van der Waals surface area (Å²) in [6.45, 7) is 3.46. The summed E-state index contributed by atoms with van der Waals surface area (Å²) in [7, 11) is 0. The van der Waals surface area contributed by atoms with E-state index in [-0.39, 0.29) is 5.92 Å². The lowest BCUT2D eigenvalue weighted by molar-refractivity contribution is -0.140. The first-order valence-corrected chi connectivity index (χ1v) is 4.58. The van der Waals surface area contributed by atoms with Gasteiger partial charge >= 0.3 is 5.97 Å². The van der Waals surface area contributed by atoms with Crippen molar-refractivity contribution >= 4 is 11.9 Å². The van der Waals surface area contributed by atoms with Gasteiger partial charge in [0.1, 0.15) is 12.3 Å². The van der Waals surface area contributed by atoms with Crippen LogP contribution in [0.3, 0.4) is 0 Å². The van der Waals surface area contributed by atoms with E-state index >= 15 is 0 Å². The van der Waals surface area contributed by atoms with Crippen molar-refractivity contribution in [1.82, 2.24) is 5.32 Å². The minimum atomic E-state index is -1.04. The summed E-state index contributed by atoms with van der Waals surface area (Å²) >= 11 is 0. The molecule has 0 fully saturated rings. The van der Waals surface area contributed by atoms with Crippen LogP contribution in [0.2, 0.25) is 0 Å². The van der Waals surface area contributed by atoms with Crippen molar-refractivity contribution < 1.29 is 19.1 Å². The smallest absolute Gasteiger partial charge is 0.326 e. The van der Waals surface area contributed by atoms with E-state index in [9.17, 15) is 9.59 Å². The first kappa shape index (κ1) is 11.3. The van der Waals surface area contributed by atoms with E-state index in [0.717, 1.165) is 0 Å². The van der Waals surface area contributed by atoms with E-state index in [4.69, 9.17) is 9.52 Å². The van der Waals surface area contributed by atoms with E-state index in [1.165, 1.54) is 18.6 Å². The maximum absolute atomic E-state index is 11.5. The van der Waals surface area contributed by atoms with Gasteiger partial charge < -0.3 is 14.8 Å². The van der Waals surface area contributed by atoms with Crippen molar-refractivity contribution in [3.63, 3.8) is 0 Å². The minimum Gasteiger partial charge on any atom is -0.480 e. The Hall–Kier alpha value is -1.78. The van der Waals surface area contributed by atoms with Gasteiger partial charge in [0, 0.05) is 0 Å². The third-order valence-corrected chi connectivity index (χ3v) is 2.00. The number of carbonyl (C=O) groups excluding carboxylic acids is 1. The molecular weight excluding hydrogens is 198 g/mol. The van der Waals surface area contributed by atoms with Gasteiger partial charge in [0.05, 0.1) is 11.8 Å². The molecule has 0 bridgehead atoms. The molecule has 0 aliphatic heterocycles. The number of carboxylic acid groups (broad SMARTS) is 1. The standard InChI is InChI=1S/C10H13NO4/c1-6(2)8(10(13)14)11-9(12)7-3-4-15-5-7/h3-6,8H,1-2H3,(H,11,12)(H,13,14). The average Bonchev–Trinajstić information content (AvgIpc) is 2.65. The summed E-state index contributed by atoms with van der Waals surface area (Å²) in [5, 5.41) is 11.3. The highest BCUT2D eigenvalue weighted by Crippen LogP contribution is 2.05. The van der Waals surface area contributed by atoms with Crippen LogP contribution >= 0.6 is 0 Å². The molecule has 1 heterocycles. The molecule has 1 aromatic heterocycles. The Balaban J connectivity index is 2.67. The molecule has 0 saturated carbocycles. The number of hydrogen-bond donors (Lipinski definition) is 2. The second-order valence-electron chi connectivity index (χ2n) is 3.55. The predicted octanol–water partition coefficient (Wildman–Crippen LogP) is 1.12. The van der Waals surface area contributed by atoms with Gasteiger partial charge in [0.25, 0.3) is 5.91 Å². The van der Waals surface area contributed by atoms with E-state index in [2.05, 4.69) is 5.32 Å². The molecule has 0 spiro atoms. The summed E-state index contributed by atoms with van der Waals surface area (Å²) in [6.07, 6.45) is 2.63. The molecule has 0 saturated heterocycles. The highest BCUT2D eigenvalue weighted by molar-refractivity contribution is 5.96. The molecule has 1 aromatic rings. The van der Waals surface area contributed by atoms with E-state index in [0.29, 0.717) is 5.56 Å². The van der Waals surface area contributed by atoms with Crippen LogP contribution in [0, 0.1) is 5.92 Å². The third-order valence-electron chi connectivity index (χ3n) is 2.00. The van der Waals surface area contributed by atoms with Crippen LogP contribution in [0.5, 0.6) is 0 Å². The number of nitrogens with one attached hydrogen (secondary N) is 1. The van der Waals surface area contributed by atoms with Crippen LogP contribution < -0.4 is 5.32 Å². The lowest BCUT2D eigenvalue weighted by Crippen LogP contribution is -2.44. The lowest BCUT2D eigenvalue weighted by Gasteiger charge is -2.17. The fraction of sp³-hybridized carbons (Fsp3) is 0.400. The van der Waals surface area contributed by atoms with Crippen molar-refractivity contribution in [2.45, 2.75) is 19.9 Å². The van der Waals surface area contributed by atoms with Gasteiger partial charge in [-0.1, -0.05) is 13.8 Å². The van der Waals surface area contributed by atoms with Crippen molar-refractivity contribution in [1.29, 1.82) is 0 Å². The Morgan fingerprint density at radius 3 is 2.53 bits per heavy atom. The number of amides is 1. The molecule has 15 heavy (non-hydrogen) atoms. The van der Waals surface area contributed by atoms with Gasteiger partial charge in [-0.3, -0.25) is 4.79 Å². The number of rotatable bonds is 4. The van der Waals surface area contributed by atoms with E-state index in [1.54, 1.807) is 13.8 Å². The average molecular weight is 211 g/mol. The SMILES string of the molecule is CC(C)C(NC(=O)c1ccoc1)C(=O)O. The summed E-state index contributed by atoms with van der Waals surface area (Å²) < 4.78 is 4.73. The Bertz CT molecular complexity index is 342. The van der Waals surface area contributed by atoms with Crippen molar-refractivity contribution in [3.05, 3.63) is 24.2 Å². The van der Waals surface area contributed by atoms with E-state index < -0.39 is 17.9 Å². The number of furan rings is 1. The zero-order chi connectivity index (χ0) is 11.4. The number of carbonyl (C=O) groups is 2. The van der Waals surface area contributed by atoms with Crippen LogP contribution in [0.4, 0.5) is 0 Å². The van der Waals surface area contributed by atoms with Gasteiger partial charge in [0.15, 0.2) is 0 Å². The van der Waals surface area contributed by atoms with Crippen molar-refractivity contribution in [2.75, 3.05) is 0 Å². The monoisotopic (exact) mass is 211 g/mol. The molecule has 1 rings (SSSR count). The number of aliphatic carboxylic acids is 1. The first-order valence-electron chi connectivity index (χ1n) is 4.58. The number of hydrogen-bond acceptors (Lipinski definition) is 3. The van der Waals surface area contributed by atoms with Crippen molar-refractivity contribution in [3.8, 4) is 0 Å². The zero-order valence-corrected chi connectivity index (χ0v) is 8.56. The largest absolute Gasteiger partial charge is 0.480 e. The van der Waals surface area contributed by atoms with Crippen LogP contribution in [-0.4, -0.2) is 23.0 Å². The van der Waals surface area contributed by atoms with Crippen LogP contribution in [0.25, 0.3) is 0 Å². The minimum absolute atomic E-state index is 0.168. The molecule has 5 nitrogen and oxygen atoms in total. The van der Waals surface area contributed by atoms with Gasteiger partial charge in [-0.25, -0.2) is 4.79 Å². The fourth-order valence-corrected chi connectivity index (χ4v) is 1.13. The Labute approximate surface area is 87.1 Å². The van der Waals surface area contributed by atoms with Crippen LogP contribution in [0.15, 0.2) is 23.0 Å². The van der Waals surface area contributed by atoms with E-state index in [1.807, 2.05) is 0 Å². The molecule has 82 valence electrons. The first-order chi connectivity index (χ1) is 7.02. The van der Waals surface area contributed by atoms with Crippen LogP contribution in [0.1, 0.15) is 24.2 Å². The van der Waals surface area contributed by atoms with Gasteiger partial charge in [-0.2, -0.15) is 0 Å². The summed E-state index contributed by atoms with van der Waals surface area (Å²) in [4.78, 5) is 22.3. The third kappa shape index (κ3) is 2.83. The molecule has 0 radical (unpaired) electrons. The van der Waals surface area contributed by atoms with Gasteiger partial charge in [-0.05, 0) is 12.0 Å². The molecule has 1 amide bonds.